The summed E-state index contributed by atoms with van der Waals surface area (Å²) in [6.45, 7) is 1.88. The Morgan fingerprint density at radius 2 is 1.59 bits per heavy atom. The van der Waals surface area contributed by atoms with Gasteiger partial charge in [-0.15, -0.1) is 10.2 Å². The second kappa shape index (κ2) is 10.6. The van der Waals surface area contributed by atoms with Crippen LogP contribution in [-0.4, -0.2) is 39.0 Å². The van der Waals surface area contributed by atoms with Crippen LogP contribution in [0.25, 0.3) is 5.69 Å². The highest BCUT2D eigenvalue weighted by molar-refractivity contribution is 7.93. The summed E-state index contributed by atoms with van der Waals surface area (Å²) in [5.41, 5.74) is 6.30. The number of nitrogens with zero attached hydrogens (tertiary/aromatic N) is 4. The van der Waals surface area contributed by atoms with Gasteiger partial charge in [-0.25, -0.2) is 13.1 Å². The van der Waals surface area contributed by atoms with E-state index in [9.17, 15) is 13.2 Å². The van der Waals surface area contributed by atoms with E-state index in [0.29, 0.717) is 22.9 Å². The molecule has 4 aromatic rings. The highest BCUT2D eigenvalue weighted by Crippen LogP contribution is 2.34. The van der Waals surface area contributed by atoms with Crippen molar-refractivity contribution in [3.05, 3.63) is 83.2 Å². The minimum absolute atomic E-state index is 0.0154. The Labute approximate surface area is 213 Å². The number of hydrogen-bond acceptors (Lipinski definition) is 8. The average molecular weight is 523 g/mol. The van der Waals surface area contributed by atoms with Crippen molar-refractivity contribution in [2.75, 3.05) is 30.8 Å². The number of H-pyrrole nitrogens is 1. The topological polar surface area (TPSA) is 144 Å². The van der Waals surface area contributed by atoms with Crippen molar-refractivity contribution >= 4 is 32.9 Å². The molecule has 0 aliphatic heterocycles. The Kier molecular flexibility index (Phi) is 7.30. The van der Waals surface area contributed by atoms with Gasteiger partial charge in [0, 0.05) is 12.6 Å². The molecule has 3 N–H and O–H groups in total. The number of ether oxygens (including phenoxy) is 2. The highest BCUT2D eigenvalue weighted by atomic mass is 32.2. The summed E-state index contributed by atoms with van der Waals surface area (Å²) in [5, 5.41) is 10.9. The van der Waals surface area contributed by atoms with Crippen LogP contribution in [0, 0.1) is 0 Å². The van der Waals surface area contributed by atoms with Crippen LogP contribution in [0.5, 0.6) is 11.5 Å². The molecule has 0 amide bonds. The van der Waals surface area contributed by atoms with Crippen LogP contribution in [0.15, 0.2) is 92.7 Å². The molecule has 0 atom stereocenters. The molecular weight excluding hydrogens is 496 g/mol. The molecule has 12 heteroatoms. The van der Waals surface area contributed by atoms with E-state index >= 15 is 0 Å². The van der Waals surface area contributed by atoms with Gasteiger partial charge in [0.15, 0.2) is 5.69 Å². The number of nitrogen functional groups attached to an aromatic ring is 1. The van der Waals surface area contributed by atoms with Crippen LogP contribution in [0.2, 0.25) is 0 Å². The molecule has 11 nitrogen and oxygen atoms in total. The Hall–Kier alpha value is -4.58. The van der Waals surface area contributed by atoms with Crippen LogP contribution in [0.3, 0.4) is 0 Å². The first-order valence-corrected chi connectivity index (χ1v) is 12.7. The lowest BCUT2D eigenvalue weighted by Crippen LogP contribution is -2.30. The molecule has 0 spiro atoms. The fourth-order valence-electron chi connectivity index (χ4n) is 3.68. The van der Waals surface area contributed by atoms with Gasteiger partial charge in [-0.1, -0.05) is 18.2 Å². The molecule has 0 fully saturated rings. The van der Waals surface area contributed by atoms with Crippen molar-refractivity contribution in [1.29, 1.82) is 0 Å². The zero-order valence-corrected chi connectivity index (χ0v) is 21.3. The maximum atomic E-state index is 13.7. The van der Waals surface area contributed by atoms with E-state index in [-0.39, 0.29) is 28.6 Å². The van der Waals surface area contributed by atoms with Crippen molar-refractivity contribution < 1.29 is 17.9 Å². The third-order valence-corrected chi connectivity index (χ3v) is 7.50. The number of nitrogens with two attached hydrogens (primary N) is 1. The summed E-state index contributed by atoms with van der Waals surface area (Å²) in [4.78, 5) is 12.8. The number of azo groups is 1. The number of aromatic amines is 1. The quantitative estimate of drug-likeness (QED) is 0.312. The van der Waals surface area contributed by atoms with Gasteiger partial charge in [0.2, 0.25) is 0 Å². The number of anilines is 2. The van der Waals surface area contributed by atoms with Gasteiger partial charge in [0.1, 0.15) is 27.9 Å². The van der Waals surface area contributed by atoms with Gasteiger partial charge in [-0.3, -0.25) is 14.2 Å². The molecule has 0 saturated carbocycles. The molecule has 3 aromatic carbocycles. The number of hydrogen-bond donors (Lipinski definition) is 2. The Balaban J connectivity index is 1.78. The first kappa shape index (κ1) is 25.5. The van der Waals surface area contributed by atoms with Gasteiger partial charge in [0.05, 0.1) is 25.6 Å². The van der Waals surface area contributed by atoms with E-state index in [4.69, 9.17) is 15.2 Å². The number of para-hydroxylation sites is 1. The molecule has 1 heterocycles. The van der Waals surface area contributed by atoms with Gasteiger partial charge >= 0.3 is 5.56 Å². The first-order chi connectivity index (χ1) is 17.8. The average Bonchev–Trinajstić information content (AvgIpc) is 3.21. The molecule has 4 rings (SSSR count). The molecule has 0 radical (unpaired) electrons. The van der Waals surface area contributed by atoms with Crippen LogP contribution in [0.1, 0.15) is 6.92 Å². The fraction of sp³-hybridized carbons (Fsp3) is 0.160. The molecular formula is C25H26N6O5S. The number of methoxy groups -OCH3 is 2. The van der Waals surface area contributed by atoms with Crippen LogP contribution >= 0.6 is 0 Å². The largest absolute Gasteiger partial charge is 0.497 e. The number of benzene rings is 3. The third kappa shape index (κ3) is 5.05. The lowest BCUT2D eigenvalue weighted by molar-refractivity contribution is 0.414. The van der Waals surface area contributed by atoms with Crippen LogP contribution in [0.4, 0.5) is 22.9 Å². The van der Waals surface area contributed by atoms with Gasteiger partial charge in [-0.2, -0.15) is 0 Å². The van der Waals surface area contributed by atoms with E-state index in [1.54, 1.807) is 55.5 Å². The Morgan fingerprint density at radius 1 is 0.946 bits per heavy atom. The second-order valence-corrected chi connectivity index (χ2v) is 9.58. The Morgan fingerprint density at radius 3 is 2.22 bits per heavy atom. The van der Waals surface area contributed by atoms with E-state index in [0.717, 1.165) is 0 Å². The minimum atomic E-state index is -4.08. The number of rotatable bonds is 9. The number of aromatic nitrogens is 2. The Bertz CT molecular complexity index is 1580. The van der Waals surface area contributed by atoms with Gasteiger partial charge in [0.25, 0.3) is 10.0 Å². The predicted molar refractivity (Wildman–Crippen MR) is 141 cm³/mol. The summed E-state index contributed by atoms with van der Waals surface area (Å²) in [6, 6.07) is 19.8. The highest BCUT2D eigenvalue weighted by Gasteiger charge is 2.27. The molecule has 1 aromatic heterocycles. The molecule has 0 aliphatic rings. The third-order valence-electron chi connectivity index (χ3n) is 5.55. The van der Waals surface area contributed by atoms with E-state index in [2.05, 4.69) is 15.3 Å². The van der Waals surface area contributed by atoms with Crippen molar-refractivity contribution in [2.45, 2.75) is 11.8 Å². The summed E-state index contributed by atoms with van der Waals surface area (Å²) >= 11 is 0. The van der Waals surface area contributed by atoms with Crippen molar-refractivity contribution in [2.24, 2.45) is 10.2 Å². The molecule has 0 saturated heterocycles. The molecule has 37 heavy (non-hydrogen) atoms. The molecule has 0 aliphatic carbocycles. The maximum absolute atomic E-state index is 13.7. The fourth-order valence-corrected chi connectivity index (χ4v) is 5.26. The number of nitrogens with one attached hydrogen (secondary N) is 1. The first-order valence-electron chi connectivity index (χ1n) is 11.2. The van der Waals surface area contributed by atoms with Crippen molar-refractivity contribution in [3.8, 4) is 17.2 Å². The molecule has 0 bridgehead atoms. The van der Waals surface area contributed by atoms with Crippen molar-refractivity contribution in [1.82, 2.24) is 9.78 Å². The summed E-state index contributed by atoms with van der Waals surface area (Å²) in [5.74, 6) is 0.948. The van der Waals surface area contributed by atoms with Gasteiger partial charge < -0.3 is 15.2 Å². The minimum Gasteiger partial charge on any atom is -0.497 e. The van der Waals surface area contributed by atoms with E-state index < -0.39 is 15.6 Å². The van der Waals surface area contributed by atoms with Crippen molar-refractivity contribution in [3.63, 3.8) is 0 Å². The van der Waals surface area contributed by atoms with Crippen LogP contribution < -0.4 is 25.1 Å². The molecule has 0 unspecified atom stereocenters. The van der Waals surface area contributed by atoms with Gasteiger partial charge in [-0.05, 0) is 55.5 Å². The second-order valence-electron chi connectivity index (χ2n) is 7.75. The summed E-state index contributed by atoms with van der Waals surface area (Å²) in [6.07, 6.45) is 0. The lowest BCUT2D eigenvalue weighted by atomic mass is 10.3. The maximum Gasteiger partial charge on any atom is 0.301 e. The summed E-state index contributed by atoms with van der Waals surface area (Å²) in [7, 11) is -1.10. The SMILES string of the molecule is CCN(c1ccc(OC)cc1)S(=O)(=O)c1ccc(OC)cc1N=Nc1c(N)[nH]n(-c2ccccc2)c1=O. The predicted octanol–water partition coefficient (Wildman–Crippen LogP) is 4.40. The zero-order valence-electron chi connectivity index (χ0n) is 20.5. The zero-order chi connectivity index (χ0) is 26.6. The van der Waals surface area contributed by atoms with E-state index in [1.807, 2.05) is 6.07 Å². The summed E-state index contributed by atoms with van der Waals surface area (Å²) < 4.78 is 40.4. The monoisotopic (exact) mass is 522 g/mol. The van der Waals surface area contributed by atoms with E-state index in [1.165, 1.54) is 41.4 Å². The smallest absolute Gasteiger partial charge is 0.301 e. The standard InChI is InChI=1S/C25H26N6O5S/c1-4-30(17-10-12-19(35-2)13-11-17)37(33,34)22-15-14-20(36-3)16-21(22)27-28-23-24(26)29-31(25(23)32)18-8-6-5-7-9-18/h5-16,29H,4,26H2,1-3H3. The normalized spacial score (nSPS) is 11.5. The lowest BCUT2D eigenvalue weighted by Gasteiger charge is -2.23. The molecule has 192 valence electrons. The van der Waals surface area contributed by atoms with Crippen LogP contribution in [-0.2, 0) is 10.0 Å². The number of sulfonamides is 1.